The van der Waals surface area contributed by atoms with E-state index in [1.54, 1.807) is 19.1 Å². The van der Waals surface area contributed by atoms with Gasteiger partial charge in [-0.25, -0.2) is 9.18 Å². The highest BCUT2D eigenvalue weighted by Crippen LogP contribution is 2.37. The van der Waals surface area contributed by atoms with E-state index in [0.29, 0.717) is 27.0 Å². The second-order valence-electron chi connectivity index (χ2n) is 7.80. The minimum Gasteiger partial charge on any atom is -0.490 e. The molecule has 0 aliphatic carbocycles. The highest BCUT2D eigenvalue weighted by molar-refractivity contribution is 9.10. The lowest BCUT2D eigenvalue weighted by Gasteiger charge is -2.15. The number of nitrogens with one attached hydrogen (secondary N) is 2. The van der Waals surface area contributed by atoms with Gasteiger partial charge in [-0.05, 0) is 95.2 Å². The van der Waals surface area contributed by atoms with Crippen LogP contribution in [0.25, 0.3) is 6.08 Å². The molecule has 0 fully saturated rings. The molecule has 0 heterocycles. The molecule has 200 valence electrons. The minimum absolute atomic E-state index is 0.186. The van der Waals surface area contributed by atoms with Crippen molar-refractivity contribution >= 4 is 51.2 Å². The van der Waals surface area contributed by atoms with Crippen LogP contribution < -0.4 is 20.1 Å². The molecule has 0 saturated heterocycles. The van der Waals surface area contributed by atoms with Gasteiger partial charge in [0.15, 0.2) is 18.1 Å². The smallest absolute Gasteiger partial charge is 0.337 e. The summed E-state index contributed by atoms with van der Waals surface area (Å²) in [7, 11) is 1.27. The van der Waals surface area contributed by atoms with E-state index in [2.05, 4.69) is 31.3 Å². The van der Waals surface area contributed by atoms with Crippen molar-refractivity contribution < 1.29 is 33.0 Å². The molecule has 0 unspecified atom stereocenters. The molecule has 0 spiro atoms. The molecule has 0 aromatic heterocycles. The summed E-state index contributed by atoms with van der Waals surface area (Å²) in [6, 6.07) is 16.4. The van der Waals surface area contributed by atoms with Crippen molar-refractivity contribution in [2.75, 3.05) is 31.0 Å². The van der Waals surface area contributed by atoms with Gasteiger partial charge in [0.25, 0.3) is 11.8 Å². The van der Waals surface area contributed by atoms with Crippen LogP contribution in [0, 0.1) is 17.1 Å². The van der Waals surface area contributed by atoms with Crippen LogP contribution in [-0.2, 0) is 14.3 Å². The quantitative estimate of drug-likeness (QED) is 0.184. The summed E-state index contributed by atoms with van der Waals surface area (Å²) < 4.78 is 29.5. The number of ether oxygens (including phenoxy) is 3. The fraction of sp³-hybridized carbons (Fsp3) is 0.143. The molecule has 3 rings (SSSR count). The first-order valence-electron chi connectivity index (χ1n) is 11.5. The van der Waals surface area contributed by atoms with Crippen LogP contribution in [0.3, 0.4) is 0 Å². The average molecular weight is 596 g/mol. The maximum absolute atomic E-state index is 13.1. The fourth-order valence-corrected chi connectivity index (χ4v) is 3.84. The Bertz CT molecular complexity index is 1430. The largest absolute Gasteiger partial charge is 0.490 e. The zero-order valence-corrected chi connectivity index (χ0v) is 22.5. The number of anilines is 2. The molecule has 0 aliphatic rings. The van der Waals surface area contributed by atoms with Crippen molar-refractivity contribution in [2.24, 2.45) is 0 Å². The third kappa shape index (κ3) is 8.15. The Kier molecular flexibility index (Phi) is 10.2. The Morgan fingerprint density at radius 3 is 2.26 bits per heavy atom. The topological polar surface area (TPSA) is 127 Å². The van der Waals surface area contributed by atoms with E-state index in [0.717, 1.165) is 0 Å². The second kappa shape index (κ2) is 13.7. The van der Waals surface area contributed by atoms with Crippen molar-refractivity contribution in [2.45, 2.75) is 6.92 Å². The lowest BCUT2D eigenvalue weighted by molar-refractivity contribution is -0.118. The van der Waals surface area contributed by atoms with Gasteiger partial charge in [0.1, 0.15) is 17.5 Å². The Hall–Kier alpha value is -4.69. The van der Waals surface area contributed by atoms with Crippen LogP contribution in [0.1, 0.15) is 22.8 Å². The maximum atomic E-state index is 13.1. The van der Waals surface area contributed by atoms with Crippen LogP contribution in [-0.4, -0.2) is 38.1 Å². The number of benzene rings is 3. The van der Waals surface area contributed by atoms with Gasteiger partial charge < -0.3 is 24.8 Å². The number of nitrogens with zero attached hydrogens (tertiary/aromatic N) is 1. The summed E-state index contributed by atoms with van der Waals surface area (Å²) in [5.41, 5.74) is 1.38. The summed E-state index contributed by atoms with van der Waals surface area (Å²) in [4.78, 5) is 36.6. The summed E-state index contributed by atoms with van der Waals surface area (Å²) in [6.07, 6.45) is 1.37. The number of carbonyl (C=O) groups is 3. The average Bonchev–Trinajstić information content (AvgIpc) is 2.92. The number of halogens is 2. The molecule has 0 radical (unpaired) electrons. The van der Waals surface area contributed by atoms with Crippen molar-refractivity contribution in [3.63, 3.8) is 0 Å². The molecule has 39 heavy (non-hydrogen) atoms. The van der Waals surface area contributed by atoms with Gasteiger partial charge in [0.2, 0.25) is 0 Å². The lowest BCUT2D eigenvalue weighted by atomic mass is 10.1. The van der Waals surface area contributed by atoms with E-state index in [4.69, 9.17) is 9.47 Å². The minimum atomic E-state index is -0.657. The van der Waals surface area contributed by atoms with Crippen molar-refractivity contribution in [1.29, 1.82) is 5.26 Å². The third-order valence-electron chi connectivity index (χ3n) is 5.05. The molecule has 11 heteroatoms. The first-order valence-corrected chi connectivity index (χ1v) is 12.3. The number of carbonyl (C=O) groups excluding carboxylic acids is 3. The first kappa shape index (κ1) is 28.9. The van der Waals surface area contributed by atoms with Gasteiger partial charge in [0.05, 0.1) is 23.8 Å². The molecule has 0 saturated carbocycles. The lowest BCUT2D eigenvalue weighted by Crippen LogP contribution is -2.20. The van der Waals surface area contributed by atoms with Crippen LogP contribution in [0.4, 0.5) is 15.8 Å². The molecule has 2 N–H and O–H groups in total. The van der Waals surface area contributed by atoms with Crippen LogP contribution in [0.2, 0.25) is 0 Å². The molecular weight excluding hydrogens is 573 g/mol. The number of hydrogen-bond acceptors (Lipinski definition) is 7. The van der Waals surface area contributed by atoms with E-state index in [1.807, 2.05) is 6.07 Å². The van der Waals surface area contributed by atoms with Gasteiger partial charge in [-0.15, -0.1) is 0 Å². The van der Waals surface area contributed by atoms with E-state index in [1.165, 1.54) is 61.7 Å². The Labute approximate surface area is 232 Å². The molecule has 3 aromatic carbocycles. The summed E-state index contributed by atoms with van der Waals surface area (Å²) >= 11 is 3.39. The van der Waals surface area contributed by atoms with Crippen LogP contribution in [0.5, 0.6) is 11.5 Å². The van der Waals surface area contributed by atoms with Gasteiger partial charge in [-0.1, -0.05) is 0 Å². The van der Waals surface area contributed by atoms with Crippen molar-refractivity contribution in [3.05, 3.63) is 87.7 Å². The summed E-state index contributed by atoms with van der Waals surface area (Å²) in [6.45, 7) is 1.69. The molecular formula is C28H23BrFN3O6. The van der Waals surface area contributed by atoms with Crippen LogP contribution >= 0.6 is 15.9 Å². The highest BCUT2D eigenvalue weighted by atomic mass is 79.9. The molecule has 9 nitrogen and oxygen atoms in total. The Balaban J connectivity index is 1.74. The first-order chi connectivity index (χ1) is 18.7. The van der Waals surface area contributed by atoms with E-state index in [9.17, 15) is 24.0 Å². The number of rotatable bonds is 10. The van der Waals surface area contributed by atoms with Crippen molar-refractivity contribution in [1.82, 2.24) is 0 Å². The number of hydrogen-bond donors (Lipinski definition) is 2. The zero-order valence-electron chi connectivity index (χ0n) is 20.9. The normalized spacial score (nSPS) is 10.7. The fourth-order valence-electron chi connectivity index (χ4n) is 3.26. The number of methoxy groups -OCH3 is 1. The van der Waals surface area contributed by atoms with E-state index < -0.39 is 23.6 Å². The van der Waals surface area contributed by atoms with E-state index >= 15 is 0 Å². The van der Waals surface area contributed by atoms with Gasteiger partial charge in [0, 0.05) is 11.4 Å². The molecule has 2 amide bonds. The van der Waals surface area contributed by atoms with Crippen LogP contribution in [0.15, 0.2) is 70.7 Å². The Morgan fingerprint density at radius 1 is 1.00 bits per heavy atom. The number of amides is 2. The standard InChI is InChI=1S/C28H23BrFN3O6/c1-3-38-24-14-17(12-19(15-31)27(35)33-22-8-4-18(5-9-22)28(36)37-2)13-23(29)26(24)39-16-25(34)32-21-10-6-20(30)7-11-21/h4-14H,3,16H2,1-2H3,(H,32,34)(H,33,35)/b19-12-. The third-order valence-corrected chi connectivity index (χ3v) is 5.64. The SMILES string of the molecule is CCOc1cc(/C=C(/C#N)C(=O)Nc2ccc(C(=O)OC)cc2)cc(Br)c1OCC(=O)Nc1ccc(F)cc1. The molecule has 0 atom stereocenters. The predicted octanol–water partition coefficient (Wildman–Crippen LogP) is 5.34. The number of esters is 1. The zero-order chi connectivity index (χ0) is 28.4. The highest BCUT2D eigenvalue weighted by Gasteiger charge is 2.16. The summed E-state index contributed by atoms with van der Waals surface area (Å²) in [5, 5.41) is 14.8. The number of nitriles is 1. The Morgan fingerprint density at radius 2 is 1.64 bits per heavy atom. The monoisotopic (exact) mass is 595 g/mol. The second-order valence-corrected chi connectivity index (χ2v) is 8.65. The van der Waals surface area contributed by atoms with Crippen molar-refractivity contribution in [3.8, 4) is 17.6 Å². The maximum Gasteiger partial charge on any atom is 0.337 e. The predicted molar refractivity (Wildman–Crippen MR) is 146 cm³/mol. The molecule has 3 aromatic rings. The van der Waals surface area contributed by atoms with Gasteiger partial charge in [-0.3, -0.25) is 9.59 Å². The van der Waals surface area contributed by atoms with E-state index in [-0.39, 0.29) is 30.3 Å². The molecule has 0 aliphatic heterocycles. The molecule has 0 bridgehead atoms. The van der Waals surface area contributed by atoms with Gasteiger partial charge >= 0.3 is 5.97 Å². The van der Waals surface area contributed by atoms with Gasteiger partial charge in [-0.2, -0.15) is 5.26 Å². The summed E-state index contributed by atoms with van der Waals surface area (Å²) in [5.74, 6) is -1.53.